The zero-order valence-electron chi connectivity index (χ0n) is 13.5. The molecule has 3 aromatic rings. The first-order valence-electron chi connectivity index (χ1n) is 7.65. The van der Waals surface area contributed by atoms with Gasteiger partial charge in [0.1, 0.15) is 5.69 Å². The lowest BCUT2D eigenvalue weighted by Crippen LogP contribution is -2.26. The summed E-state index contributed by atoms with van der Waals surface area (Å²) in [6.07, 6.45) is 3.72. The van der Waals surface area contributed by atoms with E-state index in [-0.39, 0.29) is 5.91 Å². The number of carbonyl (C=O) groups is 1. The molecule has 0 bridgehead atoms. The smallest absolute Gasteiger partial charge is 0.271 e. The molecule has 3 rings (SSSR count). The summed E-state index contributed by atoms with van der Waals surface area (Å²) in [6, 6.07) is 9.08. The molecule has 0 fully saturated rings. The molecule has 6 nitrogen and oxygen atoms in total. The lowest BCUT2D eigenvalue weighted by atomic mass is 10.1. The van der Waals surface area contributed by atoms with E-state index in [4.69, 9.17) is 11.6 Å². The first kappa shape index (κ1) is 16.3. The minimum atomic E-state index is -0.119. The Morgan fingerprint density at radius 1 is 1.33 bits per heavy atom. The summed E-state index contributed by atoms with van der Waals surface area (Å²) in [7, 11) is 1.76. The van der Waals surface area contributed by atoms with Crippen molar-refractivity contribution in [2.75, 3.05) is 7.05 Å². The van der Waals surface area contributed by atoms with E-state index in [0.717, 1.165) is 17.7 Å². The number of carbonyl (C=O) groups excluding carboxylic acids is 1. The second kappa shape index (κ2) is 6.88. The molecule has 2 heterocycles. The lowest BCUT2D eigenvalue weighted by molar-refractivity contribution is 0.0779. The van der Waals surface area contributed by atoms with Crippen molar-refractivity contribution in [1.29, 1.82) is 0 Å². The molecule has 0 aliphatic heterocycles. The van der Waals surface area contributed by atoms with Gasteiger partial charge in [-0.2, -0.15) is 10.2 Å². The fraction of sp³-hybridized carbons (Fsp3) is 0.235. The Bertz CT molecular complexity index is 837. The topological polar surface area (TPSA) is 66.8 Å². The van der Waals surface area contributed by atoms with E-state index in [9.17, 15) is 4.79 Å². The van der Waals surface area contributed by atoms with E-state index in [1.807, 2.05) is 29.9 Å². The molecule has 0 atom stereocenters. The number of aromatic nitrogens is 4. The van der Waals surface area contributed by atoms with Crippen LogP contribution in [0.25, 0.3) is 11.3 Å². The number of hydrogen-bond donors (Lipinski definition) is 1. The highest BCUT2D eigenvalue weighted by molar-refractivity contribution is 6.30. The first-order chi connectivity index (χ1) is 11.6. The van der Waals surface area contributed by atoms with Crippen LogP contribution in [0.4, 0.5) is 0 Å². The second-order valence-electron chi connectivity index (χ2n) is 5.54. The van der Waals surface area contributed by atoms with Gasteiger partial charge >= 0.3 is 0 Å². The summed E-state index contributed by atoms with van der Waals surface area (Å²) < 4.78 is 1.84. The number of halogens is 1. The van der Waals surface area contributed by atoms with Crippen LogP contribution in [0.1, 0.15) is 23.0 Å². The molecule has 0 aliphatic rings. The maximum Gasteiger partial charge on any atom is 0.271 e. The predicted octanol–water partition coefficient (Wildman–Crippen LogP) is 3.22. The van der Waals surface area contributed by atoms with Gasteiger partial charge in [0, 0.05) is 42.5 Å². The van der Waals surface area contributed by atoms with Gasteiger partial charge in [0.2, 0.25) is 0 Å². The van der Waals surface area contributed by atoms with E-state index >= 15 is 0 Å². The summed E-state index contributed by atoms with van der Waals surface area (Å²) >= 11 is 5.89. The molecule has 1 aromatic carbocycles. The van der Waals surface area contributed by atoms with Gasteiger partial charge in [-0.1, -0.05) is 23.7 Å². The quantitative estimate of drug-likeness (QED) is 0.773. The van der Waals surface area contributed by atoms with Crippen molar-refractivity contribution in [2.24, 2.45) is 0 Å². The standard InChI is InChI=1S/C17H18ClN5O/c1-3-23-11-12(9-19-23)10-22(2)17(24)16-8-15(20-21-16)13-4-6-14(18)7-5-13/h4-9,11H,3,10H2,1-2H3,(H,20,21). The van der Waals surface area contributed by atoms with Gasteiger partial charge in [0.25, 0.3) is 5.91 Å². The molecule has 0 saturated carbocycles. The summed E-state index contributed by atoms with van der Waals surface area (Å²) in [4.78, 5) is 14.2. The van der Waals surface area contributed by atoms with Crippen LogP contribution in [0.2, 0.25) is 5.02 Å². The van der Waals surface area contributed by atoms with Gasteiger partial charge < -0.3 is 4.90 Å². The zero-order chi connectivity index (χ0) is 17.1. The summed E-state index contributed by atoms with van der Waals surface area (Å²) in [5.41, 5.74) is 3.05. The van der Waals surface area contributed by atoms with Crippen molar-refractivity contribution in [3.63, 3.8) is 0 Å². The maximum absolute atomic E-state index is 12.5. The fourth-order valence-corrected chi connectivity index (χ4v) is 2.54. The van der Waals surface area contributed by atoms with Gasteiger partial charge in [-0.3, -0.25) is 14.6 Å². The van der Waals surface area contributed by atoms with E-state index in [0.29, 0.717) is 23.0 Å². The summed E-state index contributed by atoms with van der Waals surface area (Å²) in [5.74, 6) is -0.119. The number of hydrogen-bond acceptors (Lipinski definition) is 3. The van der Waals surface area contributed by atoms with E-state index in [1.165, 1.54) is 0 Å². The predicted molar refractivity (Wildman–Crippen MR) is 92.7 cm³/mol. The Morgan fingerprint density at radius 2 is 2.08 bits per heavy atom. The molecule has 0 radical (unpaired) electrons. The van der Waals surface area contributed by atoms with E-state index in [2.05, 4.69) is 15.3 Å². The Kier molecular flexibility index (Phi) is 4.66. The summed E-state index contributed by atoms with van der Waals surface area (Å²) in [5, 5.41) is 11.9. The molecule has 0 aliphatic carbocycles. The van der Waals surface area contributed by atoms with E-state index < -0.39 is 0 Å². The Morgan fingerprint density at radius 3 is 2.75 bits per heavy atom. The van der Waals surface area contributed by atoms with Crippen molar-refractivity contribution in [2.45, 2.75) is 20.0 Å². The SMILES string of the molecule is CCn1cc(CN(C)C(=O)c2cc(-c3ccc(Cl)cc3)n[nH]2)cn1. The summed E-state index contributed by atoms with van der Waals surface area (Å²) in [6.45, 7) is 3.32. The highest BCUT2D eigenvalue weighted by Crippen LogP contribution is 2.20. The number of amides is 1. The molecular formula is C17H18ClN5O. The van der Waals surface area contributed by atoms with Crippen molar-refractivity contribution in [1.82, 2.24) is 24.9 Å². The van der Waals surface area contributed by atoms with Crippen molar-refractivity contribution in [3.8, 4) is 11.3 Å². The van der Waals surface area contributed by atoms with Crippen LogP contribution in [0, 0.1) is 0 Å². The molecule has 0 spiro atoms. The van der Waals surface area contributed by atoms with Gasteiger partial charge in [-0.15, -0.1) is 0 Å². The normalized spacial score (nSPS) is 10.8. The average molecular weight is 344 g/mol. The van der Waals surface area contributed by atoms with Gasteiger partial charge in [-0.25, -0.2) is 0 Å². The van der Waals surface area contributed by atoms with Crippen molar-refractivity contribution < 1.29 is 4.79 Å². The van der Waals surface area contributed by atoms with Crippen LogP contribution in [-0.4, -0.2) is 37.8 Å². The minimum Gasteiger partial charge on any atom is -0.336 e. The number of aryl methyl sites for hydroxylation is 1. The number of nitrogens with zero attached hydrogens (tertiary/aromatic N) is 4. The third-order valence-corrected chi connectivity index (χ3v) is 3.98. The monoisotopic (exact) mass is 343 g/mol. The molecule has 0 saturated heterocycles. The highest BCUT2D eigenvalue weighted by Gasteiger charge is 2.16. The lowest BCUT2D eigenvalue weighted by Gasteiger charge is -2.14. The van der Waals surface area contributed by atoms with Crippen LogP contribution in [-0.2, 0) is 13.1 Å². The van der Waals surface area contributed by atoms with Crippen LogP contribution in [0.15, 0.2) is 42.7 Å². The van der Waals surface area contributed by atoms with Crippen LogP contribution < -0.4 is 0 Å². The van der Waals surface area contributed by atoms with Crippen molar-refractivity contribution in [3.05, 3.63) is 59.0 Å². The molecule has 2 aromatic heterocycles. The van der Waals surface area contributed by atoms with Crippen LogP contribution in [0.5, 0.6) is 0 Å². The van der Waals surface area contributed by atoms with Gasteiger partial charge in [0.05, 0.1) is 11.9 Å². The highest BCUT2D eigenvalue weighted by atomic mass is 35.5. The van der Waals surface area contributed by atoms with Crippen molar-refractivity contribution >= 4 is 17.5 Å². The Hall–Kier alpha value is -2.60. The van der Waals surface area contributed by atoms with Gasteiger partial charge in [0.15, 0.2) is 0 Å². The largest absolute Gasteiger partial charge is 0.336 e. The van der Waals surface area contributed by atoms with Crippen LogP contribution in [0.3, 0.4) is 0 Å². The number of aromatic amines is 1. The number of nitrogens with one attached hydrogen (secondary N) is 1. The number of benzene rings is 1. The Balaban J connectivity index is 1.71. The number of rotatable bonds is 5. The fourth-order valence-electron chi connectivity index (χ4n) is 2.41. The molecule has 0 unspecified atom stereocenters. The molecule has 1 N–H and O–H groups in total. The first-order valence-corrected chi connectivity index (χ1v) is 8.02. The molecular weight excluding hydrogens is 326 g/mol. The Labute approximate surface area is 145 Å². The molecule has 7 heteroatoms. The third kappa shape index (κ3) is 3.49. The number of H-pyrrole nitrogens is 1. The van der Waals surface area contributed by atoms with E-state index in [1.54, 1.807) is 36.3 Å². The molecule has 24 heavy (non-hydrogen) atoms. The average Bonchev–Trinajstić information content (AvgIpc) is 3.24. The molecule has 124 valence electrons. The zero-order valence-corrected chi connectivity index (χ0v) is 14.3. The van der Waals surface area contributed by atoms with Gasteiger partial charge in [-0.05, 0) is 25.1 Å². The van der Waals surface area contributed by atoms with Crippen LogP contribution >= 0.6 is 11.6 Å². The minimum absolute atomic E-state index is 0.119. The third-order valence-electron chi connectivity index (χ3n) is 3.73. The molecule has 1 amide bonds. The second-order valence-corrected chi connectivity index (χ2v) is 5.98. The maximum atomic E-state index is 12.5.